The molecule has 1 fully saturated rings. The number of aryl methyl sites for hydroxylation is 1. The molecule has 7 heteroatoms. The van der Waals surface area contributed by atoms with Crippen molar-refractivity contribution in [1.29, 1.82) is 0 Å². The number of likely N-dealkylation sites (tertiary alicyclic amines) is 1. The maximum Gasteiger partial charge on any atom is 0.224 e. The van der Waals surface area contributed by atoms with E-state index in [9.17, 15) is 4.79 Å². The fraction of sp³-hybridized carbons (Fsp3) is 0.636. The van der Waals surface area contributed by atoms with Crippen LogP contribution in [-0.2, 0) is 11.3 Å². The number of amides is 1. The Morgan fingerprint density at radius 3 is 2.79 bits per heavy atom. The van der Waals surface area contributed by atoms with Crippen molar-refractivity contribution in [2.45, 2.75) is 53.5 Å². The molecule has 1 aromatic rings. The molecular formula is C22H37IN4O2. The molecule has 1 aliphatic rings. The number of aliphatic imine (C=N–C) groups is 1. The average molecular weight is 516 g/mol. The largest absolute Gasteiger partial charge is 0.494 e. The van der Waals surface area contributed by atoms with Gasteiger partial charge in [-0.2, -0.15) is 0 Å². The van der Waals surface area contributed by atoms with Crippen LogP contribution in [-0.4, -0.2) is 49.6 Å². The normalized spacial score (nSPS) is 16.8. The van der Waals surface area contributed by atoms with Gasteiger partial charge >= 0.3 is 0 Å². The van der Waals surface area contributed by atoms with Gasteiger partial charge in [0.2, 0.25) is 5.91 Å². The lowest BCUT2D eigenvalue weighted by Gasteiger charge is -2.31. The van der Waals surface area contributed by atoms with Gasteiger partial charge in [-0.3, -0.25) is 4.79 Å². The number of piperidine rings is 1. The van der Waals surface area contributed by atoms with Crippen LogP contribution in [0.3, 0.4) is 0 Å². The number of rotatable bonds is 8. The molecule has 164 valence electrons. The second-order valence-corrected chi connectivity index (χ2v) is 7.50. The number of ether oxygens (including phenoxy) is 1. The van der Waals surface area contributed by atoms with Crippen molar-refractivity contribution < 1.29 is 9.53 Å². The van der Waals surface area contributed by atoms with E-state index in [2.05, 4.69) is 41.6 Å². The molecule has 0 radical (unpaired) electrons. The molecule has 0 saturated carbocycles. The molecule has 0 bridgehead atoms. The lowest BCUT2D eigenvalue weighted by atomic mass is 10.00. The van der Waals surface area contributed by atoms with Gasteiger partial charge in [0.05, 0.1) is 13.2 Å². The van der Waals surface area contributed by atoms with Crippen LogP contribution in [0, 0.1) is 12.8 Å². The minimum Gasteiger partial charge on any atom is -0.494 e. The van der Waals surface area contributed by atoms with Gasteiger partial charge in [-0.1, -0.05) is 19.1 Å². The molecule has 0 aliphatic carbocycles. The van der Waals surface area contributed by atoms with E-state index >= 15 is 0 Å². The number of hydrogen-bond acceptors (Lipinski definition) is 3. The Morgan fingerprint density at radius 1 is 1.31 bits per heavy atom. The maximum atomic E-state index is 12.4. The topological polar surface area (TPSA) is 66.0 Å². The van der Waals surface area contributed by atoms with Gasteiger partial charge in [-0.25, -0.2) is 4.99 Å². The second kappa shape index (κ2) is 13.7. The Morgan fingerprint density at radius 2 is 2.10 bits per heavy atom. The molecular weight excluding hydrogens is 479 g/mol. The van der Waals surface area contributed by atoms with E-state index in [1.165, 1.54) is 12.0 Å². The van der Waals surface area contributed by atoms with Crippen LogP contribution < -0.4 is 15.4 Å². The van der Waals surface area contributed by atoms with Gasteiger partial charge in [0.15, 0.2) is 5.96 Å². The highest BCUT2D eigenvalue weighted by atomic mass is 127. The molecule has 1 heterocycles. The molecule has 1 unspecified atom stereocenters. The van der Waals surface area contributed by atoms with Gasteiger partial charge in [-0.05, 0) is 51.2 Å². The van der Waals surface area contributed by atoms with E-state index in [1.54, 1.807) is 0 Å². The zero-order chi connectivity index (χ0) is 20.4. The molecule has 1 amide bonds. The zero-order valence-electron chi connectivity index (χ0n) is 18.3. The number of nitrogens with zero attached hydrogens (tertiary/aromatic N) is 2. The van der Waals surface area contributed by atoms with Gasteiger partial charge in [0.25, 0.3) is 0 Å². The Labute approximate surface area is 192 Å². The van der Waals surface area contributed by atoms with Crippen molar-refractivity contribution in [2.75, 3.05) is 32.8 Å². The van der Waals surface area contributed by atoms with Crippen molar-refractivity contribution in [3.63, 3.8) is 0 Å². The first kappa shape index (κ1) is 25.5. The summed E-state index contributed by atoms with van der Waals surface area (Å²) in [7, 11) is 0. The summed E-state index contributed by atoms with van der Waals surface area (Å²) in [6.07, 6.45) is 2.83. The number of carbonyl (C=O) groups excluding carboxylic acids is 1. The maximum absolute atomic E-state index is 12.4. The highest BCUT2D eigenvalue weighted by molar-refractivity contribution is 14.0. The molecule has 1 aliphatic heterocycles. The summed E-state index contributed by atoms with van der Waals surface area (Å²) in [5.41, 5.74) is 2.23. The predicted molar refractivity (Wildman–Crippen MR) is 130 cm³/mol. The fourth-order valence-electron chi connectivity index (χ4n) is 3.45. The quantitative estimate of drug-likeness (QED) is 0.314. The number of halogens is 1. The number of benzene rings is 1. The van der Waals surface area contributed by atoms with E-state index < -0.39 is 0 Å². The van der Waals surface area contributed by atoms with Crippen molar-refractivity contribution in [3.05, 3.63) is 29.3 Å². The van der Waals surface area contributed by atoms with E-state index in [-0.39, 0.29) is 29.9 Å². The van der Waals surface area contributed by atoms with Gasteiger partial charge in [0.1, 0.15) is 5.75 Å². The first-order chi connectivity index (χ1) is 13.5. The summed E-state index contributed by atoms with van der Waals surface area (Å²) in [5.74, 6) is 2.45. The highest BCUT2D eigenvalue weighted by Gasteiger charge is 2.20. The summed E-state index contributed by atoms with van der Waals surface area (Å²) in [4.78, 5) is 19.1. The lowest BCUT2D eigenvalue weighted by Crippen LogP contribution is -2.42. The van der Waals surface area contributed by atoms with E-state index in [0.717, 1.165) is 43.3 Å². The van der Waals surface area contributed by atoms with Gasteiger partial charge < -0.3 is 20.3 Å². The summed E-state index contributed by atoms with van der Waals surface area (Å²) >= 11 is 0. The van der Waals surface area contributed by atoms with Crippen molar-refractivity contribution >= 4 is 35.8 Å². The van der Waals surface area contributed by atoms with Gasteiger partial charge in [-0.15, -0.1) is 24.0 Å². The number of nitrogens with one attached hydrogen (secondary N) is 2. The minimum atomic E-state index is 0. The summed E-state index contributed by atoms with van der Waals surface area (Å²) in [6.45, 7) is 12.6. The molecule has 29 heavy (non-hydrogen) atoms. The summed E-state index contributed by atoms with van der Waals surface area (Å²) in [6, 6.07) is 6.19. The average Bonchev–Trinajstić information content (AvgIpc) is 2.67. The minimum absolute atomic E-state index is 0. The summed E-state index contributed by atoms with van der Waals surface area (Å²) < 4.78 is 5.74. The Kier molecular flexibility index (Phi) is 12.0. The third-order valence-electron chi connectivity index (χ3n) is 4.92. The van der Waals surface area contributed by atoms with Crippen LogP contribution in [0.1, 0.15) is 51.2 Å². The number of guanidine groups is 1. The van der Waals surface area contributed by atoms with Crippen LogP contribution in [0.2, 0.25) is 0 Å². The van der Waals surface area contributed by atoms with E-state index in [0.29, 0.717) is 32.0 Å². The molecule has 2 rings (SSSR count). The van der Waals surface area contributed by atoms with E-state index in [1.807, 2.05) is 24.8 Å². The molecule has 1 saturated heterocycles. The third kappa shape index (κ3) is 8.80. The molecule has 1 aromatic carbocycles. The fourth-order valence-corrected chi connectivity index (χ4v) is 3.45. The lowest BCUT2D eigenvalue weighted by molar-refractivity contribution is -0.132. The third-order valence-corrected chi connectivity index (χ3v) is 4.92. The van der Waals surface area contributed by atoms with Crippen LogP contribution in [0.25, 0.3) is 0 Å². The highest BCUT2D eigenvalue weighted by Crippen LogP contribution is 2.21. The first-order valence-corrected chi connectivity index (χ1v) is 10.6. The van der Waals surface area contributed by atoms with E-state index in [4.69, 9.17) is 4.74 Å². The first-order valence-electron chi connectivity index (χ1n) is 10.6. The molecule has 0 aromatic heterocycles. The SMILES string of the molecule is CCNC(=NCc1ccc(C)cc1OCC)NCCC(=O)N1CCCC(C)C1.I. The zero-order valence-corrected chi connectivity index (χ0v) is 20.6. The van der Waals surface area contributed by atoms with Crippen LogP contribution in [0.5, 0.6) is 5.75 Å². The summed E-state index contributed by atoms with van der Waals surface area (Å²) in [5, 5.41) is 6.53. The van der Waals surface area contributed by atoms with Crippen LogP contribution in [0.4, 0.5) is 0 Å². The molecule has 1 atom stereocenters. The van der Waals surface area contributed by atoms with Crippen molar-refractivity contribution in [1.82, 2.24) is 15.5 Å². The molecule has 6 nitrogen and oxygen atoms in total. The Balaban J connectivity index is 0.00000420. The van der Waals surface area contributed by atoms with Crippen molar-refractivity contribution in [3.8, 4) is 5.75 Å². The Bertz CT molecular complexity index is 666. The van der Waals surface area contributed by atoms with Crippen LogP contribution in [0.15, 0.2) is 23.2 Å². The predicted octanol–water partition coefficient (Wildman–Crippen LogP) is 3.72. The smallest absolute Gasteiger partial charge is 0.224 e. The number of hydrogen-bond donors (Lipinski definition) is 2. The standard InChI is InChI=1S/C22H36N4O2.HI/c1-5-23-22(24-12-11-21(27)26-13-7-8-18(4)16-26)25-15-19-10-9-17(3)14-20(19)28-6-2;/h9-10,14,18H,5-8,11-13,15-16H2,1-4H3,(H2,23,24,25);1H. The van der Waals surface area contributed by atoms with Crippen molar-refractivity contribution in [2.24, 2.45) is 10.9 Å². The number of carbonyl (C=O) groups is 1. The Hall–Kier alpha value is -1.51. The van der Waals surface area contributed by atoms with Crippen LogP contribution >= 0.6 is 24.0 Å². The molecule has 0 spiro atoms. The monoisotopic (exact) mass is 516 g/mol. The molecule has 2 N–H and O–H groups in total. The van der Waals surface area contributed by atoms with Gasteiger partial charge in [0, 0.05) is 38.2 Å². The second-order valence-electron chi connectivity index (χ2n) is 7.50.